The Morgan fingerprint density at radius 1 is 1.18 bits per heavy atom. The molecule has 2 N–H and O–H groups in total. The quantitative estimate of drug-likeness (QED) is 0.674. The maximum Gasteiger partial charge on any atom is 0.261 e. The van der Waals surface area contributed by atoms with Crippen molar-refractivity contribution < 1.29 is 19.1 Å². The number of nitrogens with one attached hydrogen (secondary N) is 2. The van der Waals surface area contributed by atoms with Gasteiger partial charge < -0.3 is 15.4 Å². The third-order valence-electron chi connectivity index (χ3n) is 5.57. The molecule has 1 unspecified atom stereocenters. The van der Waals surface area contributed by atoms with Crippen LogP contribution in [0.25, 0.3) is 0 Å². The van der Waals surface area contributed by atoms with Gasteiger partial charge in [-0.15, -0.1) is 0 Å². The lowest BCUT2D eigenvalue weighted by Crippen LogP contribution is -2.46. The Labute approximate surface area is 164 Å². The molecule has 3 heterocycles. The Balaban J connectivity index is 1.37. The van der Waals surface area contributed by atoms with E-state index < -0.39 is 0 Å². The number of fused-ring (bicyclic) bond motifs is 1. The number of piperazine rings is 1. The van der Waals surface area contributed by atoms with Crippen LogP contribution in [0.3, 0.4) is 0 Å². The van der Waals surface area contributed by atoms with Gasteiger partial charge in [-0.05, 0) is 31.0 Å². The molecule has 8 heteroatoms. The first kappa shape index (κ1) is 19.0. The number of amides is 3. The van der Waals surface area contributed by atoms with E-state index in [2.05, 4.69) is 15.5 Å². The average molecular weight is 386 g/mol. The van der Waals surface area contributed by atoms with Crippen molar-refractivity contribution in [3.05, 3.63) is 34.9 Å². The van der Waals surface area contributed by atoms with E-state index in [1.54, 1.807) is 12.1 Å². The van der Waals surface area contributed by atoms with Crippen LogP contribution in [-0.2, 0) is 4.74 Å². The molecule has 2 fully saturated rings. The highest BCUT2D eigenvalue weighted by atomic mass is 16.5. The van der Waals surface area contributed by atoms with Crippen molar-refractivity contribution in [2.24, 2.45) is 0 Å². The SMILES string of the molecule is O=C(NCCN1CCNCC1)c1ccc2c(c1)C(=O)N(CC1CCCO1)C2=O. The summed E-state index contributed by atoms with van der Waals surface area (Å²) in [4.78, 5) is 41.3. The molecule has 8 nitrogen and oxygen atoms in total. The summed E-state index contributed by atoms with van der Waals surface area (Å²) in [5, 5.41) is 6.20. The largest absolute Gasteiger partial charge is 0.376 e. The molecule has 0 aromatic heterocycles. The number of nitrogens with zero attached hydrogens (tertiary/aromatic N) is 2. The molecule has 28 heavy (non-hydrogen) atoms. The van der Waals surface area contributed by atoms with Crippen molar-refractivity contribution in [3.63, 3.8) is 0 Å². The summed E-state index contributed by atoms with van der Waals surface area (Å²) in [7, 11) is 0. The summed E-state index contributed by atoms with van der Waals surface area (Å²) in [6.45, 7) is 6.19. The molecule has 2 saturated heterocycles. The van der Waals surface area contributed by atoms with Crippen LogP contribution < -0.4 is 10.6 Å². The van der Waals surface area contributed by atoms with Gasteiger partial charge in [-0.25, -0.2) is 0 Å². The summed E-state index contributed by atoms with van der Waals surface area (Å²) in [5.74, 6) is -0.872. The zero-order chi connectivity index (χ0) is 19.5. The van der Waals surface area contributed by atoms with Gasteiger partial charge in [0.15, 0.2) is 0 Å². The molecule has 4 rings (SSSR count). The van der Waals surface area contributed by atoms with Crippen LogP contribution in [0, 0.1) is 0 Å². The van der Waals surface area contributed by atoms with Gasteiger partial charge in [0, 0.05) is 51.4 Å². The number of hydrogen-bond acceptors (Lipinski definition) is 6. The first-order valence-electron chi connectivity index (χ1n) is 9.96. The second-order valence-electron chi connectivity index (χ2n) is 7.46. The molecule has 1 aromatic carbocycles. The minimum absolute atomic E-state index is 0.0880. The van der Waals surface area contributed by atoms with E-state index >= 15 is 0 Å². The summed E-state index contributed by atoms with van der Waals surface area (Å²) >= 11 is 0. The van der Waals surface area contributed by atoms with Crippen LogP contribution in [0.15, 0.2) is 18.2 Å². The van der Waals surface area contributed by atoms with Gasteiger partial charge >= 0.3 is 0 Å². The van der Waals surface area contributed by atoms with Gasteiger partial charge in [-0.1, -0.05) is 0 Å². The molecular weight excluding hydrogens is 360 g/mol. The molecule has 0 bridgehead atoms. The van der Waals surface area contributed by atoms with E-state index in [0.717, 1.165) is 45.6 Å². The molecule has 1 aromatic rings. The highest BCUT2D eigenvalue weighted by Gasteiger charge is 2.37. The Morgan fingerprint density at radius 2 is 1.96 bits per heavy atom. The zero-order valence-corrected chi connectivity index (χ0v) is 15.9. The Morgan fingerprint density at radius 3 is 2.71 bits per heavy atom. The first-order chi connectivity index (χ1) is 13.6. The molecule has 0 aliphatic carbocycles. The van der Waals surface area contributed by atoms with E-state index in [0.29, 0.717) is 29.8 Å². The smallest absolute Gasteiger partial charge is 0.261 e. The molecule has 150 valence electrons. The van der Waals surface area contributed by atoms with Crippen molar-refractivity contribution in [2.75, 3.05) is 52.4 Å². The molecule has 0 radical (unpaired) electrons. The number of benzene rings is 1. The molecule has 0 saturated carbocycles. The highest BCUT2D eigenvalue weighted by molar-refractivity contribution is 6.22. The minimum atomic E-state index is -0.342. The van der Waals surface area contributed by atoms with Crippen LogP contribution in [0.4, 0.5) is 0 Å². The number of carbonyl (C=O) groups is 3. The average Bonchev–Trinajstić information content (AvgIpc) is 3.32. The number of ether oxygens (including phenoxy) is 1. The van der Waals surface area contributed by atoms with Gasteiger partial charge in [-0.3, -0.25) is 24.2 Å². The fourth-order valence-corrected chi connectivity index (χ4v) is 3.95. The number of hydrogen-bond donors (Lipinski definition) is 2. The summed E-state index contributed by atoms with van der Waals surface area (Å²) in [6.07, 6.45) is 1.72. The van der Waals surface area contributed by atoms with E-state index in [-0.39, 0.29) is 30.4 Å². The van der Waals surface area contributed by atoms with E-state index in [1.165, 1.54) is 11.0 Å². The van der Waals surface area contributed by atoms with Crippen LogP contribution in [0.1, 0.15) is 43.9 Å². The summed E-state index contributed by atoms with van der Waals surface area (Å²) in [6, 6.07) is 4.72. The lowest BCUT2D eigenvalue weighted by molar-refractivity contribution is 0.0475. The van der Waals surface area contributed by atoms with Gasteiger partial charge in [0.25, 0.3) is 17.7 Å². The van der Waals surface area contributed by atoms with E-state index in [9.17, 15) is 14.4 Å². The van der Waals surface area contributed by atoms with Crippen molar-refractivity contribution in [1.82, 2.24) is 20.4 Å². The highest BCUT2D eigenvalue weighted by Crippen LogP contribution is 2.26. The second kappa shape index (κ2) is 8.38. The van der Waals surface area contributed by atoms with Gasteiger partial charge in [0.1, 0.15) is 0 Å². The first-order valence-corrected chi connectivity index (χ1v) is 9.96. The van der Waals surface area contributed by atoms with Crippen molar-refractivity contribution in [2.45, 2.75) is 18.9 Å². The molecule has 3 aliphatic heterocycles. The predicted octanol–water partition coefficient (Wildman–Crippen LogP) is 0.0966. The summed E-state index contributed by atoms with van der Waals surface area (Å²) in [5.41, 5.74) is 1.07. The standard InChI is InChI=1S/C20H26N4O4/c25-18(22-7-10-23-8-5-21-6-9-23)14-3-4-16-17(12-14)20(27)24(19(16)26)13-15-2-1-11-28-15/h3-4,12,15,21H,1-2,5-11,13H2,(H,22,25). The number of imide groups is 1. The molecule has 1 atom stereocenters. The number of rotatable bonds is 6. The van der Waals surface area contributed by atoms with Crippen LogP contribution in [0.5, 0.6) is 0 Å². The van der Waals surface area contributed by atoms with Gasteiger partial charge in [-0.2, -0.15) is 0 Å². The Hall–Kier alpha value is -2.29. The predicted molar refractivity (Wildman–Crippen MR) is 102 cm³/mol. The van der Waals surface area contributed by atoms with E-state index in [4.69, 9.17) is 4.74 Å². The van der Waals surface area contributed by atoms with Gasteiger partial charge in [0.05, 0.1) is 23.8 Å². The van der Waals surface area contributed by atoms with Crippen molar-refractivity contribution >= 4 is 17.7 Å². The Kier molecular flexibility index (Phi) is 5.70. The monoisotopic (exact) mass is 386 g/mol. The van der Waals surface area contributed by atoms with E-state index in [1.807, 2.05) is 0 Å². The van der Waals surface area contributed by atoms with Crippen molar-refractivity contribution in [3.8, 4) is 0 Å². The lowest BCUT2D eigenvalue weighted by Gasteiger charge is -2.27. The Bertz CT molecular complexity index is 769. The third-order valence-corrected chi connectivity index (χ3v) is 5.57. The molecule has 0 spiro atoms. The second-order valence-corrected chi connectivity index (χ2v) is 7.46. The molecule has 3 aliphatic rings. The van der Waals surface area contributed by atoms with Crippen LogP contribution in [-0.4, -0.2) is 86.0 Å². The molecule has 3 amide bonds. The maximum absolute atomic E-state index is 12.7. The number of carbonyl (C=O) groups excluding carboxylic acids is 3. The van der Waals surface area contributed by atoms with Gasteiger partial charge in [0.2, 0.25) is 0 Å². The van der Waals surface area contributed by atoms with Crippen LogP contribution in [0.2, 0.25) is 0 Å². The fraction of sp³-hybridized carbons (Fsp3) is 0.550. The maximum atomic E-state index is 12.7. The zero-order valence-electron chi connectivity index (χ0n) is 15.9. The topological polar surface area (TPSA) is 91.0 Å². The summed E-state index contributed by atoms with van der Waals surface area (Å²) < 4.78 is 5.55. The lowest BCUT2D eigenvalue weighted by atomic mass is 10.1. The fourth-order valence-electron chi connectivity index (χ4n) is 3.95. The minimum Gasteiger partial charge on any atom is -0.376 e. The van der Waals surface area contributed by atoms with Crippen molar-refractivity contribution in [1.29, 1.82) is 0 Å². The van der Waals surface area contributed by atoms with Crippen LogP contribution >= 0.6 is 0 Å². The molecular formula is C20H26N4O4. The normalized spacial score (nSPS) is 22.6. The third kappa shape index (κ3) is 3.94.